The Morgan fingerprint density at radius 3 is 2.74 bits per heavy atom. The highest BCUT2D eigenvalue weighted by Gasteiger charge is 2.20. The molecule has 31 heavy (non-hydrogen) atoms. The van der Waals surface area contributed by atoms with Crippen molar-refractivity contribution >= 4 is 59.8 Å². The van der Waals surface area contributed by atoms with E-state index in [1.165, 1.54) is 16.0 Å². The maximum atomic E-state index is 13.0. The SMILES string of the molecule is CC(Sc1nnc2sc3ccccc3n12)c1nc2scc(-c3ccccc3)c2c(=O)[nH]1. The Labute approximate surface area is 188 Å². The molecule has 0 spiro atoms. The van der Waals surface area contributed by atoms with E-state index in [4.69, 9.17) is 4.98 Å². The van der Waals surface area contributed by atoms with Crippen LogP contribution in [0.1, 0.15) is 18.0 Å². The van der Waals surface area contributed by atoms with E-state index in [1.54, 1.807) is 23.1 Å². The lowest BCUT2D eigenvalue weighted by molar-refractivity contribution is 0.894. The van der Waals surface area contributed by atoms with Gasteiger partial charge in [-0.05, 0) is 24.6 Å². The van der Waals surface area contributed by atoms with Crippen LogP contribution in [0.4, 0.5) is 0 Å². The summed E-state index contributed by atoms with van der Waals surface area (Å²) in [4.78, 5) is 22.4. The van der Waals surface area contributed by atoms with Crippen LogP contribution in [-0.2, 0) is 0 Å². The quantitative estimate of drug-likeness (QED) is 0.338. The molecule has 0 aliphatic carbocycles. The molecule has 1 N–H and O–H groups in total. The molecule has 2 aromatic carbocycles. The molecule has 152 valence electrons. The van der Waals surface area contributed by atoms with Gasteiger partial charge < -0.3 is 4.98 Å². The van der Waals surface area contributed by atoms with Crippen molar-refractivity contribution in [1.29, 1.82) is 0 Å². The van der Waals surface area contributed by atoms with Crippen molar-refractivity contribution in [2.75, 3.05) is 0 Å². The summed E-state index contributed by atoms with van der Waals surface area (Å²) in [7, 11) is 0. The number of thiophene rings is 1. The van der Waals surface area contributed by atoms with E-state index >= 15 is 0 Å². The van der Waals surface area contributed by atoms with Crippen molar-refractivity contribution in [3.05, 3.63) is 76.2 Å². The summed E-state index contributed by atoms with van der Waals surface area (Å²) in [6, 6.07) is 18.1. The molecule has 1 unspecified atom stereocenters. The number of aromatic amines is 1. The number of hydrogen-bond acceptors (Lipinski definition) is 7. The van der Waals surface area contributed by atoms with Gasteiger partial charge in [0.2, 0.25) is 4.96 Å². The van der Waals surface area contributed by atoms with Crippen LogP contribution in [0.25, 0.3) is 36.5 Å². The molecule has 6 nitrogen and oxygen atoms in total. The van der Waals surface area contributed by atoms with Gasteiger partial charge in [-0.2, -0.15) is 0 Å². The van der Waals surface area contributed by atoms with E-state index in [2.05, 4.69) is 31.7 Å². The number of hydrogen-bond donors (Lipinski definition) is 1. The van der Waals surface area contributed by atoms with Gasteiger partial charge in [-0.3, -0.25) is 9.20 Å². The maximum Gasteiger partial charge on any atom is 0.260 e. The first-order valence-corrected chi connectivity index (χ1v) is 12.2. The lowest BCUT2D eigenvalue weighted by Gasteiger charge is -2.09. The molecule has 0 saturated carbocycles. The highest BCUT2D eigenvalue weighted by Crippen LogP contribution is 2.37. The van der Waals surface area contributed by atoms with Crippen molar-refractivity contribution < 1.29 is 0 Å². The molecule has 0 aliphatic heterocycles. The van der Waals surface area contributed by atoms with Gasteiger partial charge in [0.25, 0.3) is 5.56 Å². The molecule has 0 amide bonds. The van der Waals surface area contributed by atoms with Crippen LogP contribution in [-0.4, -0.2) is 24.6 Å². The Balaban J connectivity index is 1.39. The lowest BCUT2D eigenvalue weighted by atomic mass is 10.1. The number of para-hydroxylation sites is 1. The van der Waals surface area contributed by atoms with E-state index in [0.717, 1.165) is 31.6 Å². The molecular weight excluding hydrogens is 446 g/mol. The predicted octanol–water partition coefficient (Wildman–Crippen LogP) is 5.76. The average Bonchev–Trinajstić information content (AvgIpc) is 3.48. The fraction of sp³-hybridized carbons (Fsp3) is 0.0909. The monoisotopic (exact) mass is 461 g/mol. The zero-order valence-corrected chi connectivity index (χ0v) is 18.7. The van der Waals surface area contributed by atoms with E-state index < -0.39 is 0 Å². The molecule has 0 saturated heterocycles. The molecule has 0 fully saturated rings. The number of H-pyrrole nitrogens is 1. The third kappa shape index (κ3) is 3.08. The van der Waals surface area contributed by atoms with Gasteiger partial charge in [0.1, 0.15) is 10.7 Å². The first kappa shape index (κ1) is 18.7. The number of fused-ring (bicyclic) bond motifs is 4. The van der Waals surface area contributed by atoms with Gasteiger partial charge in [0.15, 0.2) is 5.16 Å². The first-order valence-electron chi connectivity index (χ1n) is 9.65. The summed E-state index contributed by atoms with van der Waals surface area (Å²) in [5.74, 6) is 0.639. The van der Waals surface area contributed by atoms with Crippen LogP contribution in [0.15, 0.2) is 69.9 Å². The molecule has 9 heteroatoms. The van der Waals surface area contributed by atoms with Crippen LogP contribution in [0, 0.1) is 0 Å². The molecule has 4 aromatic heterocycles. The molecule has 6 rings (SSSR count). The second-order valence-electron chi connectivity index (χ2n) is 7.08. The first-order chi connectivity index (χ1) is 15.2. The number of aromatic nitrogens is 5. The largest absolute Gasteiger partial charge is 0.309 e. The number of rotatable bonds is 4. The molecule has 6 aromatic rings. The molecule has 0 aliphatic rings. The Kier molecular flexibility index (Phi) is 4.41. The number of thioether (sulfide) groups is 1. The summed E-state index contributed by atoms with van der Waals surface area (Å²) >= 11 is 4.65. The van der Waals surface area contributed by atoms with Gasteiger partial charge in [-0.15, -0.1) is 21.5 Å². The van der Waals surface area contributed by atoms with Crippen LogP contribution >= 0.6 is 34.4 Å². The zero-order valence-electron chi connectivity index (χ0n) is 16.3. The van der Waals surface area contributed by atoms with Crippen molar-refractivity contribution in [1.82, 2.24) is 24.6 Å². The summed E-state index contributed by atoms with van der Waals surface area (Å²) in [6.07, 6.45) is 0. The van der Waals surface area contributed by atoms with Crippen molar-refractivity contribution in [2.24, 2.45) is 0 Å². The predicted molar refractivity (Wildman–Crippen MR) is 128 cm³/mol. The van der Waals surface area contributed by atoms with Crippen molar-refractivity contribution in [2.45, 2.75) is 17.3 Å². The normalized spacial score (nSPS) is 12.8. The van der Waals surface area contributed by atoms with Gasteiger partial charge in [0, 0.05) is 10.9 Å². The van der Waals surface area contributed by atoms with Gasteiger partial charge >= 0.3 is 0 Å². The minimum atomic E-state index is -0.111. The minimum absolute atomic E-state index is 0.0922. The number of nitrogens with one attached hydrogen (secondary N) is 1. The Morgan fingerprint density at radius 1 is 1.06 bits per heavy atom. The van der Waals surface area contributed by atoms with Gasteiger partial charge in [0.05, 0.1) is 20.9 Å². The summed E-state index contributed by atoms with van der Waals surface area (Å²) < 4.78 is 3.23. The summed E-state index contributed by atoms with van der Waals surface area (Å²) in [5, 5.41) is 12.0. The highest BCUT2D eigenvalue weighted by molar-refractivity contribution is 7.99. The van der Waals surface area contributed by atoms with Crippen LogP contribution < -0.4 is 5.56 Å². The zero-order chi connectivity index (χ0) is 20.9. The van der Waals surface area contributed by atoms with Crippen LogP contribution in [0.3, 0.4) is 0 Å². The molecule has 0 bridgehead atoms. The molecule has 4 heterocycles. The standard InChI is InChI=1S/C22H15N5OS3/c1-12(30-21-25-26-22-27(21)15-9-5-6-10-16(15)31-22)18-23-19(28)17-14(11-29-20(17)24-18)13-7-3-2-4-8-13/h2-12H,1H3,(H,23,24,28). The molecular formula is C22H15N5OS3. The van der Waals surface area contributed by atoms with E-state index in [0.29, 0.717) is 11.2 Å². The fourth-order valence-corrected chi connectivity index (χ4v) is 6.53. The van der Waals surface area contributed by atoms with E-state index in [1.807, 2.05) is 54.8 Å². The second-order valence-corrected chi connectivity index (χ2v) is 10.3. The average molecular weight is 462 g/mol. The van der Waals surface area contributed by atoms with Crippen molar-refractivity contribution in [3.8, 4) is 11.1 Å². The van der Waals surface area contributed by atoms with Gasteiger partial charge in [-0.1, -0.05) is 65.6 Å². The third-order valence-corrected chi connectivity index (χ3v) is 8.06. The minimum Gasteiger partial charge on any atom is -0.309 e. The highest BCUT2D eigenvalue weighted by atomic mass is 32.2. The van der Waals surface area contributed by atoms with Crippen molar-refractivity contribution in [3.63, 3.8) is 0 Å². The fourth-order valence-electron chi connectivity index (χ4n) is 3.63. The Morgan fingerprint density at radius 2 is 1.87 bits per heavy atom. The van der Waals surface area contributed by atoms with E-state index in [-0.39, 0.29) is 10.8 Å². The number of nitrogens with zero attached hydrogens (tertiary/aromatic N) is 4. The maximum absolute atomic E-state index is 13.0. The van der Waals surface area contributed by atoms with Crippen LogP contribution in [0.5, 0.6) is 0 Å². The summed E-state index contributed by atoms with van der Waals surface area (Å²) in [6.45, 7) is 2.02. The Hall–Kier alpha value is -3.01. The van der Waals surface area contributed by atoms with Crippen LogP contribution in [0.2, 0.25) is 0 Å². The summed E-state index contributed by atoms with van der Waals surface area (Å²) in [5.41, 5.74) is 2.92. The number of thiazole rings is 1. The smallest absolute Gasteiger partial charge is 0.260 e. The second kappa shape index (κ2) is 7.30. The molecule has 1 atom stereocenters. The number of benzene rings is 2. The van der Waals surface area contributed by atoms with E-state index in [9.17, 15) is 4.79 Å². The molecule has 0 radical (unpaired) electrons. The van der Waals surface area contributed by atoms with Gasteiger partial charge in [-0.25, -0.2) is 4.98 Å². The topological polar surface area (TPSA) is 75.9 Å². The Bertz CT molecular complexity index is 1610. The lowest BCUT2D eigenvalue weighted by Crippen LogP contribution is -2.12. The third-order valence-electron chi connectivity index (χ3n) is 5.13.